The highest BCUT2D eigenvalue weighted by molar-refractivity contribution is 7.99. The molecule has 0 aliphatic carbocycles. The lowest BCUT2D eigenvalue weighted by Crippen LogP contribution is -2.32. The van der Waals surface area contributed by atoms with Gasteiger partial charge in [0.25, 0.3) is 11.8 Å². The van der Waals surface area contributed by atoms with Gasteiger partial charge in [-0.15, -0.1) is 0 Å². The van der Waals surface area contributed by atoms with Crippen LogP contribution in [-0.2, 0) is 4.79 Å². The molecule has 1 aliphatic rings. The summed E-state index contributed by atoms with van der Waals surface area (Å²) in [6, 6.07) is 14.4. The van der Waals surface area contributed by atoms with Crippen molar-refractivity contribution < 1.29 is 14.4 Å². The molecule has 0 bridgehead atoms. The molecule has 0 saturated carbocycles. The Kier molecular flexibility index (Phi) is 5.19. The Labute approximate surface area is 150 Å². The van der Waals surface area contributed by atoms with Crippen molar-refractivity contribution in [2.24, 2.45) is 0 Å². The first-order valence-corrected chi connectivity index (χ1v) is 9.11. The average Bonchev–Trinajstić information content (AvgIpc) is 2.86. The Hall–Kier alpha value is -2.60. The number of aryl methyl sites for hydroxylation is 1. The highest BCUT2D eigenvalue weighted by Gasteiger charge is 2.34. The van der Waals surface area contributed by atoms with Gasteiger partial charge in [0.2, 0.25) is 5.91 Å². The summed E-state index contributed by atoms with van der Waals surface area (Å²) in [5.41, 5.74) is 2.80. The van der Waals surface area contributed by atoms with Crippen LogP contribution in [0.1, 0.15) is 26.3 Å². The molecule has 0 spiro atoms. The van der Waals surface area contributed by atoms with E-state index in [1.54, 1.807) is 24.3 Å². The van der Waals surface area contributed by atoms with E-state index in [0.717, 1.165) is 11.3 Å². The highest BCUT2D eigenvalue weighted by atomic mass is 32.2. The number of benzene rings is 2. The van der Waals surface area contributed by atoms with E-state index in [0.29, 0.717) is 23.4 Å². The van der Waals surface area contributed by atoms with Crippen molar-refractivity contribution in [2.45, 2.75) is 6.92 Å². The Balaban J connectivity index is 1.45. The van der Waals surface area contributed by atoms with Crippen LogP contribution in [0.2, 0.25) is 0 Å². The maximum Gasteiger partial charge on any atom is 0.261 e. The molecule has 25 heavy (non-hydrogen) atoms. The van der Waals surface area contributed by atoms with Crippen molar-refractivity contribution >= 4 is 35.2 Å². The molecule has 2 aromatic rings. The lowest BCUT2D eigenvalue weighted by Gasteiger charge is -2.13. The second-order valence-electron chi connectivity index (χ2n) is 5.77. The number of nitrogens with one attached hydrogen (secondary N) is 1. The molecular formula is C19H18N2O3S. The number of hydrogen-bond acceptors (Lipinski definition) is 4. The van der Waals surface area contributed by atoms with Gasteiger partial charge in [-0.2, -0.15) is 11.8 Å². The standard InChI is InChI=1S/C19H18N2O3S/c1-13-6-8-14(9-7-13)20-17(22)12-25-11-10-21-18(23)15-4-2-3-5-16(15)19(21)24/h2-9H,10-12H2,1H3,(H,20,22). The fourth-order valence-corrected chi connectivity index (χ4v) is 3.31. The lowest BCUT2D eigenvalue weighted by atomic mass is 10.1. The number of rotatable bonds is 6. The zero-order chi connectivity index (χ0) is 17.8. The zero-order valence-corrected chi connectivity index (χ0v) is 14.6. The SMILES string of the molecule is Cc1ccc(NC(=O)CSCCN2C(=O)c3ccccc3C2=O)cc1. The Morgan fingerprint density at radius 2 is 1.60 bits per heavy atom. The molecule has 6 heteroatoms. The number of amides is 3. The molecular weight excluding hydrogens is 336 g/mol. The van der Waals surface area contributed by atoms with Crippen LogP contribution in [0.3, 0.4) is 0 Å². The van der Waals surface area contributed by atoms with Crippen molar-refractivity contribution in [3.63, 3.8) is 0 Å². The third kappa shape index (κ3) is 3.91. The molecule has 0 aromatic heterocycles. The van der Waals surface area contributed by atoms with Gasteiger partial charge in [0.1, 0.15) is 0 Å². The largest absolute Gasteiger partial charge is 0.325 e. The smallest absolute Gasteiger partial charge is 0.261 e. The van der Waals surface area contributed by atoms with Crippen LogP contribution >= 0.6 is 11.8 Å². The number of nitrogens with zero attached hydrogens (tertiary/aromatic N) is 1. The summed E-state index contributed by atoms with van der Waals surface area (Å²) >= 11 is 1.40. The Morgan fingerprint density at radius 1 is 1.00 bits per heavy atom. The number of imide groups is 1. The molecule has 0 unspecified atom stereocenters. The second-order valence-corrected chi connectivity index (χ2v) is 6.88. The van der Waals surface area contributed by atoms with Crippen molar-refractivity contribution in [1.29, 1.82) is 0 Å². The maximum atomic E-state index is 12.2. The second kappa shape index (κ2) is 7.53. The molecule has 0 radical (unpaired) electrons. The fraction of sp³-hybridized carbons (Fsp3) is 0.211. The van der Waals surface area contributed by atoms with Crippen molar-refractivity contribution in [1.82, 2.24) is 4.90 Å². The van der Waals surface area contributed by atoms with Gasteiger partial charge in [-0.05, 0) is 31.2 Å². The van der Waals surface area contributed by atoms with Gasteiger partial charge >= 0.3 is 0 Å². The van der Waals surface area contributed by atoms with Crippen molar-refractivity contribution in [2.75, 3.05) is 23.4 Å². The van der Waals surface area contributed by atoms with E-state index in [-0.39, 0.29) is 23.5 Å². The summed E-state index contributed by atoms with van der Waals surface area (Å²) in [4.78, 5) is 37.6. The predicted molar refractivity (Wildman–Crippen MR) is 98.9 cm³/mol. The zero-order valence-electron chi connectivity index (χ0n) is 13.8. The minimum Gasteiger partial charge on any atom is -0.325 e. The van der Waals surface area contributed by atoms with E-state index in [2.05, 4.69) is 5.32 Å². The van der Waals surface area contributed by atoms with E-state index >= 15 is 0 Å². The molecule has 0 saturated heterocycles. The summed E-state index contributed by atoms with van der Waals surface area (Å²) in [6.45, 7) is 2.29. The number of fused-ring (bicyclic) bond motifs is 1. The molecule has 2 aromatic carbocycles. The molecule has 5 nitrogen and oxygen atoms in total. The lowest BCUT2D eigenvalue weighted by molar-refractivity contribution is -0.113. The molecule has 3 rings (SSSR count). The van der Waals surface area contributed by atoms with Crippen molar-refractivity contribution in [3.05, 3.63) is 65.2 Å². The quantitative estimate of drug-likeness (QED) is 0.640. The first kappa shape index (κ1) is 17.2. The minimum atomic E-state index is -0.259. The fourth-order valence-electron chi connectivity index (χ4n) is 2.60. The summed E-state index contributed by atoms with van der Waals surface area (Å²) in [5.74, 6) is 0.177. The van der Waals surface area contributed by atoms with E-state index in [1.807, 2.05) is 31.2 Å². The van der Waals surface area contributed by atoms with Crippen LogP contribution < -0.4 is 5.32 Å². The molecule has 0 atom stereocenters. The van der Waals surface area contributed by atoms with E-state index in [9.17, 15) is 14.4 Å². The summed E-state index contributed by atoms with van der Waals surface area (Å²) in [7, 11) is 0. The van der Waals surface area contributed by atoms with Crippen LogP contribution in [0.5, 0.6) is 0 Å². The number of carbonyl (C=O) groups is 3. The Bertz CT molecular complexity index is 783. The van der Waals surface area contributed by atoms with Gasteiger partial charge in [-0.3, -0.25) is 19.3 Å². The number of carbonyl (C=O) groups excluding carboxylic acids is 3. The van der Waals surface area contributed by atoms with Gasteiger partial charge in [-0.25, -0.2) is 0 Å². The van der Waals surface area contributed by atoms with Crippen LogP contribution in [0, 0.1) is 6.92 Å². The monoisotopic (exact) mass is 354 g/mol. The average molecular weight is 354 g/mol. The molecule has 1 heterocycles. The van der Waals surface area contributed by atoms with Gasteiger partial charge in [0.15, 0.2) is 0 Å². The van der Waals surface area contributed by atoms with E-state index in [4.69, 9.17) is 0 Å². The number of thioether (sulfide) groups is 1. The summed E-state index contributed by atoms with van der Waals surface area (Å²) in [5, 5.41) is 2.82. The topological polar surface area (TPSA) is 66.5 Å². The van der Waals surface area contributed by atoms with Crippen LogP contribution in [0.4, 0.5) is 5.69 Å². The normalized spacial score (nSPS) is 13.1. The van der Waals surface area contributed by atoms with Crippen molar-refractivity contribution in [3.8, 4) is 0 Å². The number of hydrogen-bond donors (Lipinski definition) is 1. The molecule has 128 valence electrons. The van der Waals surface area contributed by atoms with Crippen LogP contribution in [0.15, 0.2) is 48.5 Å². The first-order chi connectivity index (χ1) is 12.1. The van der Waals surface area contributed by atoms with Crippen LogP contribution in [-0.4, -0.2) is 40.7 Å². The van der Waals surface area contributed by atoms with Gasteiger partial charge in [0, 0.05) is 18.0 Å². The third-order valence-electron chi connectivity index (χ3n) is 3.91. The van der Waals surface area contributed by atoms with Gasteiger partial charge in [0.05, 0.1) is 16.9 Å². The van der Waals surface area contributed by atoms with Gasteiger partial charge < -0.3 is 5.32 Å². The summed E-state index contributed by atoms with van der Waals surface area (Å²) < 4.78 is 0. The van der Waals surface area contributed by atoms with Crippen LogP contribution in [0.25, 0.3) is 0 Å². The van der Waals surface area contributed by atoms with Gasteiger partial charge in [-0.1, -0.05) is 29.8 Å². The first-order valence-electron chi connectivity index (χ1n) is 7.96. The Morgan fingerprint density at radius 3 is 2.20 bits per heavy atom. The van der Waals surface area contributed by atoms with E-state index < -0.39 is 0 Å². The highest BCUT2D eigenvalue weighted by Crippen LogP contribution is 2.22. The van der Waals surface area contributed by atoms with E-state index in [1.165, 1.54) is 16.7 Å². The number of anilines is 1. The molecule has 1 N–H and O–H groups in total. The summed E-state index contributed by atoms with van der Waals surface area (Å²) in [6.07, 6.45) is 0. The molecule has 1 aliphatic heterocycles. The molecule has 0 fully saturated rings. The predicted octanol–water partition coefficient (Wildman–Crippen LogP) is 2.96. The maximum absolute atomic E-state index is 12.2. The minimum absolute atomic E-state index is 0.101. The molecule has 3 amide bonds. The third-order valence-corrected chi connectivity index (χ3v) is 4.84.